The maximum absolute atomic E-state index is 11.0. The molecule has 1 unspecified atom stereocenters. The molecule has 0 saturated carbocycles. The number of rotatable bonds is 8. The van der Waals surface area contributed by atoms with Crippen LogP contribution in [0.25, 0.3) is 0 Å². The molecular formula is C12H20O5. The van der Waals surface area contributed by atoms with Gasteiger partial charge in [-0.25, -0.2) is 4.79 Å². The molecule has 0 rings (SSSR count). The molecule has 0 heterocycles. The fourth-order valence-electron chi connectivity index (χ4n) is 0.870. The number of ether oxygens (including phenoxy) is 3. The number of allylic oxidation sites excluding steroid dienone is 1. The Balaban J connectivity index is 4.54. The van der Waals surface area contributed by atoms with Crippen molar-refractivity contribution in [3.8, 4) is 0 Å². The molecule has 0 bridgehead atoms. The van der Waals surface area contributed by atoms with Gasteiger partial charge in [0, 0.05) is 13.0 Å². The molecule has 5 heteroatoms. The topological polar surface area (TPSA) is 65.0 Å². The standard InChI is InChI=1S/C12H20O5/c1-5-7-15-12(16-8-9(3)13)10(4)17-11(14)6-2/h6,9,13H,2,5,7-8H2,1,3-4H3. The number of aliphatic hydroxyl groups is 1. The summed E-state index contributed by atoms with van der Waals surface area (Å²) in [5.41, 5.74) is 0. The Morgan fingerprint density at radius 3 is 2.59 bits per heavy atom. The maximum Gasteiger partial charge on any atom is 0.335 e. The van der Waals surface area contributed by atoms with E-state index in [9.17, 15) is 4.79 Å². The third-order valence-electron chi connectivity index (χ3n) is 1.60. The van der Waals surface area contributed by atoms with Crippen molar-refractivity contribution in [2.24, 2.45) is 0 Å². The highest BCUT2D eigenvalue weighted by Crippen LogP contribution is 2.11. The largest absolute Gasteiger partial charge is 0.463 e. The highest BCUT2D eigenvalue weighted by atomic mass is 16.7. The van der Waals surface area contributed by atoms with E-state index in [1.807, 2.05) is 6.92 Å². The van der Waals surface area contributed by atoms with Gasteiger partial charge in [-0.3, -0.25) is 0 Å². The number of aliphatic hydroxyl groups excluding tert-OH is 1. The molecule has 5 nitrogen and oxygen atoms in total. The van der Waals surface area contributed by atoms with Crippen molar-refractivity contribution in [2.45, 2.75) is 33.3 Å². The van der Waals surface area contributed by atoms with Crippen molar-refractivity contribution >= 4 is 5.97 Å². The molecule has 0 aromatic rings. The van der Waals surface area contributed by atoms with Gasteiger partial charge in [0.05, 0.1) is 12.7 Å². The maximum atomic E-state index is 11.0. The molecule has 1 atom stereocenters. The van der Waals surface area contributed by atoms with Crippen LogP contribution in [-0.4, -0.2) is 30.4 Å². The lowest BCUT2D eigenvalue weighted by molar-refractivity contribution is -0.135. The number of esters is 1. The Kier molecular flexibility index (Phi) is 7.88. The molecule has 0 spiro atoms. The van der Waals surface area contributed by atoms with Crippen LogP contribution in [0.4, 0.5) is 0 Å². The second-order valence-corrected chi connectivity index (χ2v) is 3.48. The lowest BCUT2D eigenvalue weighted by Gasteiger charge is -2.14. The van der Waals surface area contributed by atoms with Crippen molar-refractivity contribution in [1.82, 2.24) is 0 Å². The Labute approximate surface area is 102 Å². The van der Waals surface area contributed by atoms with Crippen LogP contribution in [0.15, 0.2) is 24.4 Å². The third-order valence-corrected chi connectivity index (χ3v) is 1.60. The van der Waals surface area contributed by atoms with Crippen LogP contribution in [0.2, 0.25) is 0 Å². The van der Waals surface area contributed by atoms with E-state index >= 15 is 0 Å². The normalized spacial score (nSPS) is 13.4. The molecule has 0 aromatic heterocycles. The van der Waals surface area contributed by atoms with Crippen LogP contribution in [0.3, 0.4) is 0 Å². The van der Waals surface area contributed by atoms with Crippen LogP contribution < -0.4 is 0 Å². The van der Waals surface area contributed by atoms with Crippen LogP contribution in [0, 0.1) is 0 Å². The lowest BCUT2D eigenvalue weighted by atomic mass is 10.4. The molecule has 0 aliphatic carbocycles. The van der Waals surface area contributed by atoms with Gasteiger partial charge in [-0.2, -0.15) is 0 Å². The highest BCUT2D eigenvalue weighted by Gasteiger charge is 2.11. The second-order valence-electron chi connectivity index (χ2n) is 3.48. The second kappa shape index (κ2) is 8.64. The summed E-state index contributed by atoms with van der Waals surface area (Å²) in [6.45, 7) is 8.88. The summed E-state index contributed by atoms with van der Waals surface area (Å²) in [4.78, 5) is 11.0. The summed E-state index contributed by atoms with van der Waals surface area (Å²) in [6.07, 6.45) is 1.22. The first-order chi connectivity index (χ1) is 8.01. The van der Waals surface area contributed by atoms with Gasteiger partial charge in [-0.15, -0.1) is 0 Å². The molecule has 98 valence electrons. The van der Waals surface area contributed by atoms with Gasteiger partial charge >= 0.3 is 11.9 Å². The van der Waals surface area contributed by atoms with Crippen molar-refractivity contribution in [2.75, 3.05) is 13.2 Å². The minimum Gasteiger partial charge on any atom is -0.463 e. The van der Waals surface area contributed by atoms with E-state index in [2.05, 4.69) is 6.58 Å². The van der Waals surface area contributed by atoms with Crippen LogP contribution in [0.5, 0.6) is 0 Å². The van der Waals surface area contributed by atoms with E-state index < -0.39 is 12.1 Å². The van der Waals surface area contributed by atoms with Crippen LogP contribution in [0.1, 0.15) is 27.2 Å². The van der Waals surface area contributed by atoms with E-state index in [1.165, 1.54) is 0 Å². The van der Waals surface area contributed by atoms with E-state index in [4.69, 9.17) is 19.3 Å². The summed E-state index contributed by atoms with van der Waals surface area (Å²) in [5, 5.41) is 9.11. The Morgan fingerprint density at radius 1 is 1.47 bits per heavy atom. The summed E-state index contributed by atoms with van der Waals surface area (Å²) in [7, 11) is 0. The van der Waals surface area contributed by atoms with Gasteiger partial charge in [-0.05, 0) is 13.3 Å². The van der Waals surface area contributed by atoms with Crippen LogP contribution >= 0.6 is 0 Å². The molecule has 0 amide bonds. The monoisotopic (exact) mass is 244 g/mol. The number of hydrogen-bond donors (Lipinski definition) is 1. The molecule has 0 aliphatic rings. The summed E-state index contributed by atoms with van der Waals surface area (Å²) < 4.78 is 15.4. The number of carbonyl (C=O) groups excluding carboxylic acids is 1. The zero-order valence-electron chi connectivity index (χ0n) is 10.6. The predicted molar refractivity (Wildman–Crippen MR) is 62.9 cm³/mol. The SMILES string of the molecule is C=CC(=O)OC(C)=C(OCCC)OCC(C)O. The van der Waals surface area contributed by atoms with Crippen molar-refractivity contribution < 1.29 is 24.1 Å². The molecular weight excluding hydrogens is 224 g/mol. The van der Waals surface area contributed by atoms with Gasteiger partial charge in [0.1, 0.15) is 6.61 Å². The van der Waals surface area contributed by atoms with Gasteiger partial charge in [0.25, 0.3) is 0 Å². The van der Waals surface area contributed by atoms with E-state index in [0.717, 1.165) is 12.5 Å². The number of carbonyl (C=O) groups is 1. The fraction of sp³-hybridized carbons (Fsp3) is 0.583. The van der Waals surface area contributed by atoms with E-state index in [1.54, 1.807) is 13.8 Å². The summed E-state index contributed by atoms with van der Waals surface area (Å²) in [6, 6.07) is 0. The highest BCUT2D eigenvalue weighted by molar-refractivity contribution is 5.82. The van der Waals surface area contributed by atoms with Gasteiger partial charge < -0.3 is 19.3 Å². The molecule has 0 aliphatic heterocycles. The molecule has 0 aromatic carbocycles. The van der Waals surface area contributed by atoms with E-state index in [0.29, 0.717) is 6.61 Å². The van der Waals surface area contributed by atoms with Crippen molar-refractivity contribution in [3.05, 3.63) is 24.4 Å². The van der Waals surface area contributed by atoms with Crippen molar-refractivity contribution in [1.29, 1.82) is 0 Å². The minimum atomic E-state index is -0.627. The fourth-order valence-corrected chi connectivity index (χ4v) is 0.870. The third kappa shape index (κ3) is 7.41. The first-order valence-electron chi connectivity index (χ1n) is 5.50. The first kappa shape index (κ1) is 15.5. The van der Waals surface area contributed by atoms with Gasteiger partial charge in [0.2, 0.25) is 0 Å². The van der Waals surface area contributed by atoms with Crippen molar-refractivity contribution in [3.63, 3.8) is 0 Å². The Hall–Kier alpha value is -1.49. The Morgan fingerprint density at radius 2 is 2.12 bits per heavy atom. The van der Waals surface area contributed by atoms with E-state index in [-0.39, 0.29) is 18.3 Å². The van der Waals surface area contributed by atoms with Gasteiger partial charge in [0.15, 0.2) is 5.76 Å². The zero-order chi connectivity index (χ0) is 13.3. The molecule has 1 N–H and O–H groups in total. The molecule has 0 radical (unpaired) electrons. The average Bonchev–Trinajstić information content (AvgIpc) is 2.28. The average molecular weight is 244 g/mol. The minimum absolute atomic E-state index is 0.0715. The Bertz CT molecular complexity index is 281. The predicted octanol–water partition coefficient (Wildman–Crippen LogP) is 1.73. The number of hydrogen-bond acceptors (Lipinski definition) is 5. The van der Waals surface area contributed by atoms with Gasteiger partial charge in [-0.1, -0.05) is 13.5 Å². The lowest BCUT2D eigenvalue weighted by Crippen LogP contribution is -2.14. The summed E-state index contributed by atoms with van der Waals surface area (Å²) >= 11 is 0. The molecule has 0 saturated heterocycles. The first-order valence-corrected chi connectivity index (χ1v) is 5.50. The zero-order valence-corrected chi connectivity index (χ0v) is 10.6. The molecule has 0 fully saturated rings. The molecule has 17 heavy (non-hydrogen) atoms. The quantitative estimate of drug-likeness (QED) is 0.400. The smallest absolute Gasteiger partial charge is 0.335 e. The van der Waals surface area contributed by atoms with Crippen LogP contribution in [-0.2, 0) is 19.0 Å². The summed E-state index contributed by atoms with van der Waals surface area (Å²) in [5.74, 6) is -0.257.